The molecule has 4 aromatic rings. The van der Waals surface area contributed by atoms with Crippen molar-refractivity contribution in [2.75, 3.05) is 63.7 Å². The molecule has 0 spiro atoms. The lowest BCUT2D eigenvalue weighted by Crippen LogP contribution is -2.49. The summed E-state index contributed by atoms with van der Waals surface area (Å²) in [5.41, 5.74) is 4.32. The number of rotatable bonds is 7. The smallest absolute Gasteiger partial charge is 0.236 e. The van der Waals surface area contributed by atoms with Crippen LogP contribution in [0.4, 0.5) is 21.2 Å². The van der Waals surface area contributed by atoms with Crippen LogP contribution in [0.15, 0.2) is 35.7 Å². The SMILES string of the molecule is CCc1nc2ccc(N3CCN(CC(=O)N(C)C)CC3)nn2c1N(C)c1nc(-c2ccc(F)cc2C)cs1. The van der Waals surface area contributed by atoms with Gasteiger partial charge in [0.25, 0.3) is 0 Å². The molecule has 9 nitrogen and oxygen atoms in total. The fourth-order valence-corrected chi connectivity index (χ4v) is 5.51. The monoisotopic (exact) mass is 536 g/mol. The lowest BCUT2D eigenvalue weighted by atomic mass is 10.1. The van der Waals surface area contributed by atoms with Gasteiger partial charge in [0.05, 0.1) is 17.9 Å². The third kappa shape index (κ3) is 5.08. The topological polar surface area (TPSA) is 73.1 Å². The van der Waals surface area contributed by atoms with Gasteiger partial charge in [0.2, 0.25) is 5.91 Å². The number of likely N-dealkylation sites (N-methyl/N-ethyl adjacent to an activating group) is 1. The Kier molecular flexibility index (Phi) is 7.31. The Morgan fingerprint density at radius 2 is 1.84 bits per heavy atom. The van der Waals surface area contributed by atoms with Crippen LogP contribution in [0.25, 0.3) is 16.9 Å². The van der Waals surface area contributed by atoms with E-state index < -0.39 is 0 Å². The summed E-state index contributed by atoms with van der Waals surface area (Å²) < 4.78 is 15.5. The molecule has 38 heavy (non-hydrogen) atoms. The molecule has 11 heteroatoms. The number of carbonyl (C=O) groups is 1. The van der Waals surface area contributed by atoms with Crippen molar-refractivity contribution in [3.05, 3.63) is 52.8 Å². The fourth-order valence-electron chi connectivity index (χ4n) is 4.71. The van der Waals surface area contributed by atoms with Crippen molar-refractivity contribution in [1.29, 1.82) is 0 Å². The predicted octanol–water partition coefficient (Wildman–Crippen LogP) is 3.84. The van der Waals surface area contributed by atoms with E-state index in [2.05, 4.69) is 16.7 Å². The van der Waals surface area contributed by atoms with E-state index in [1.165, 1.54) is 23.5 Å². The summed E-state index contributed by atoms with van der Waals surface area (Å²) in [5.74, 6) is 1.64. The summed E-state index contributed by atoms with van der Waals surface area (Å²) in [5, 5.41) is 7.81. The molecule has 1 aliphatic rings. The van der Waals surface area contributed by atoms with Gasteiger partial charge in [0.1, 0.15) is 11.6 Å². The van der Waals surface area contributed by atoms with Crippen LogP contribution in [0.2, 0.25) is 0 Å². The highest BCUT2D eigenvalue weighted by Crippen LogP contribution is 2.34. The first-order valence-corrected chi connectivity index (χ1v) is 13.6. The van der Waals surface area contributed by atoms with Crippen LogP contribution in [0.5, 0.6) is 0 Å². The summed E-state index contributed by atoms with van der Waals surface area (Å²) in [6.07, 6.45) is 0.756. The zero-order valence-corrected chi connectivity index (χ0v) is 23.3. The van der Waals surface area contributed by atoms with Crippen LogP contribution >= 0.6 is 11.3 Å². The number of benzene rings is 1. The highest BCUT2D eigenvalue weighted by molar-refractivity contribution is 7.14. The van der Waals surface area contributed by atoms with Crippen LogP contribution in [0.3, 0.4) is 0 Å². The first kappa shape index (κ1) is 26.1. The minimum absolute atomic E-state index is 0.121. The van der Waals surface area contributed by atoms with Gasteiger partial charge in [-0.2, -0.15) is 4.52 Å². The van der Waals surface area contributed by atoms with Crippen LogP contribution in [-0.2, 0) is 11.2 Å². The van der Waals surface area contributed by atoms with Gasteiger partial charge in [0, 0.05) is 58.3 Å². The second-order valence-electron chi connectivity index (χ2n) is 9.78. The van der Waals surface area contributed by atoms with E-state index >= 15 is 0 Å². The van der Waals surface area contributed by atoms with Gasteiger partial charge in [-0.05, 0) is 49.2 Å². The van der Waals surface area contributed by atoms with E-state index in [-0.39, 0.29) is 11.7 Å². The van der Waals surface area contributed by atoms with Gasteiger partial charge in [0.15, 0.2) is 16.6 Å². The van der Waals surface area contributed by atoms with Crippen molar-refractivity contribution in [3.8, 4) is 11.3 Å². The van der Waals surface area contributed by atoms with Gasteiger partial charge < -0.3 is 14.7 Å². The van der Waals surface area contributed by atoms with Crippen molar-refractivity contribution in [3.63, 3.8) is 0 Å². The van der Waals surface area contributed by atoms with Gasteiger partial charge >= 0.3 is 0 Å². The molecule has 0 N–H and O–H groups in total. The maximum Gasteiger partial charge on any atom is 0.236 e. The Balaban J connectivity index is 1.40. The van der Waals surface area contributed by atoms with Crippen LogP contribution in [0, 0.1) is 12.7 Å². The molecule has 1 saturated heterocycles. The van der Waals surface area contributed by atoms with Crippen LogP contribution in [-0.4, -0.2) is 89.2 Å². The number of aryl methyl sites for hydroxylation is 2. The molecule has 0 saturated carbocycles. The van der Waals surface area contributed by atoms with Gasteiger partial charge in [-0.3, -0.25) is 9.69 Å². The number of amides is 1. The molecule has 4 heterocycles. The Morgan fingerprint density at radius 3 is 2.53 bits per heavy atom. The zero-order valence-electron chi connectivity index (χ0n) is 22.5. The number of aromatic nitrogens is 4. The number of anilines is 3. The number of thiazole rings is 1. The molecule has 0 aliphatic carbocycles. The van der Waals surface area contributed by atoms with Crippen LogP contribution < -0.4 is 9.80 Å². The van der Waals surface area contributed by atoms with Crippen molar-refractivity contribution in [2.45, 2.75) is 20.3 Å². The van der Waals surface area contributed by atoms with Gasteiger partial charge in [-0.25, -0.2) is 14.4 Å². The molecule has 0 radical (unpaired) electrons. The Bertz CT molecular complexity index is 1460. The molecular weight excluding hydrogens is 503 g/mol. The van der Waals surface area contributed by atoms with E-state index in [0.29, 0.717) is 6.54 Å². The number of nitrogens with zero attached hydrogens (tertiary/aromatic N) is 8. The zero-order chi connectivity index (χ0) is 27.0. The van der Waals surface area contributed by atoms with E-state index in [4.69, 9.17) is 15.1 Å². The Labute approximate surface area is 226 Å². The number of fused-ring (bicyclic) bond motifs is 1. The second-order valence-corrected chi connectivity index (χ2v) is 10.6. The highest BCUT2D eigenvalue weighted by Gasteiger charge is 2.24. The Morgan fingerprint density at radius 1 is 1.08 bits per heavy atom. The molecule has 3 aromatic heterocycles. The minimum Gasteiger partial charge on any atom is -0.353 e. The third-order valence-electron chi connectivity index (χ3n) is 6.96. The number of carbonyl (C=O) groups excluding carboxylic acids is 1. The van der Waals surface area contributed by atoms with Gasteiger partial charge in [-0.1, -0.05) is 6.92 Å². The maximum absolute atomic E-state index is 13.6. The van der Waals surface area contributed by atoms with E-state index in [9.17, 15) is 9.18 Å². The predicted molar refractivity (Wildman–Crippen MR) is 150 cm³/mol. The summed E-state index contributed by atoms with van der Waals surface area (Å²) in [4.78, 5) is 29.9. The van der Waals surface area contributed by atoms with Gasteiger partial charge in [-0.15, -0.1) is 16.4 Å². The molecule has 1 aromatic carbocycles. The molecule has 1 fully saturated rings. The maximum atomic E-state index is 13.6. The molecule has 0 unspecified atom stereocenters. The number of halogens is 1. The third-order valence-corrected chi connectivity index (χ3v) is 7.88. The number of piperazine rings is 1. The molecular formula is C27H33FN8OS. The van der Waals surface area contributed by atoms with Crippen LogP contribution in [0.1, 0.15) is 18.2 Å². The quantitative estimate of drug-likeness (QED) is 0.355. The normalized spacial score (nSPS) is 14.3. The van der Waals surface area contributed by atoms with Crippen molar-refractivity contribution in [2.24, 2.45) is 0 Å². The summed E-state index contributed by atoms with van der Waals surface area (Å²) in [6, 6.07) is 8.80. The standard InChI is InChI=1S/C27H33FN8OS/c1-6-21-26(33(5)27-30-22(17-38-27)20-8-7-19(28)15-18(20)2)36-23(29-21)9-10-24(31-36)35-13-11-34(12-14-35)16-25(37)32(3)4/h7-10,15,17H,6,11-14,16H2,1-5H3. The van der Waals surface area contributed by atoms with E-state index in [0.717, 1.165) is 77.5 Å². The van der Waals surface area contributed by atoms with Crippen molar-refractivity contribution >= 4 is 39.7 Å². The largest absolute Gasteiger partial charge is 0.353 e. The summed E-state index contributed by atoms with van der Waals surface area (Å²) >= 11 is 1.54. The average Bonchev–Trinajstić information content (AvgIpc) is 3.53. The first-order valence-electron chi connectivity index (χ1n) is 12.8. The highest BCUT2D eigenvalue weighted by atomic mass is 32.1. The molecule has 200 valence electrons. The lowest BCUT2D eigenvalue weighted by Gasteiger charge is -2.35. The number of hydrogen-bond donors (Lipinski definition) is 0. The van der Waals surface area contributed by atoms with Crippen molar-refractivity contribution in [1.82, 2.24) is 29.4 Å². The minimum atomic E-state index is -0.248. The second kappa shape index (κ2) is 10.7. The molecule has 1 amide bonds. The molecule has 5 rings (SSSR count). The molecule has 0 bridgehead atoms. The first-order chi connectivity index (χ1) is 18.2. The average molecular weight is 537 g/mol. The fraction of sp³-hybridized carbons (Fsp3) is 0.407. The molecule has 1 aliphatic heterocycles. The van der Waals surface area contributed by atoms with E-state index in [1.807, 2.05) is 40.9 Å². The lowest BCUT2D eigenvalue weighted by molar-refractivity contribution is -0.129. The van der Waals surface area contributed by atoms with Crippen molar-refractivity contribution < 1.29 is 9.18 Å². The molecule has 0 atom stereocenters. The number of hydrogen-bond acceptors (Lipinski definition) is 8. The Hall–Kier alpha value is -3.57. The summed E-state index contributed by atoms with van der Waals surface area (Å²) in [6.45, 7) is 7.63. The number of imidazole rings is 1. The summed E-state index contributed by atoms with van der Waals surface area (Å²) in [7, 11) is 5.56. The van der Waals surface area contributed by atoms with E-state index in [1.54, 1.807) is 25.1 Å².